The number of para-hydroxylation sites is 1. The lowest BCUT2D eigenvalue weighted by molar-refractivity contribution is 0.0786. The molecular formula is C22H23ClN4O3. The van der Waals surface area contributed by atoms with Crippen molar-refractivity contribution < 1.29 is 14.6 Å². The molecule has 3 N–H and O–H groups in total. The average molecular weight is 427 g/mol. The normalized spacial score (nSPS) is 15.8. The van der Waals surface area contributed by atoms with Crippen LogP contribution < -0.4 is 15.4 Å². The highest BCUT2D eigenvalue weighted by Crippen LogP contribution is 2.37. The van der Waals surface area contributed by atoms with Gasteiger partial charge in [0.25, 0.3) is 0 Å². The van der Waals surface area contributed by atoms with Crippen LogP contribution >= 0.6 is 11.6 Å². The van der Waals surface area contributed by atoms with Crippen molar-refractivity contribution in [3.63, 3.8) is 0 Å². The molecule has 8 heteroatoms. The number of hydrogen-bond acceptors (Lipinski definition) is 4. The Bertz CT molecular complexity index is 1060. The Hall–Kier alpha value is -3.03. The van der Waals surface area contributed by atoms with Crippen LogP contribution in [0.2, 0.25) is 5.02 Å². The number of hydrogen-bond donors (Lipinski definition) is 3. The standard InChI is InChI=1S/C22H23ClN4O3/c1-22(2,29)14-6-8-15(9-7-14)27-12-10-19(26-27)25-21(28)24-18-11-13-30-20-16(18)4-3-5-17(20)23/h3-10,12,18,29H,11,13H2,1-2H3,(H2,24,25,26,28)/t18-/m0/s1. The summed E-state index contributed by atoms with van der Waals surface area (Å²) in [5.74, 6) is 1.05. The zero-order valence-electron chi connectivity index (χ0n) is 16.7. The van der Waals surface area contributed by atoms with Crippen molar-refractivity contribution in [2.24, 2.45) is 0 Å². The minimum Gasteiger partial charge on any atom is -0.492 e. The van der Waals surface area contributed by atoms with Crippen LogP contribution in [0.15, 0.2) is 54.7 Å². The average Bonchev–Trinajstić information content (AvgIpc) is 3.16. The van der Waals surface area contributed by atoms with E-state index in [9.17, 15) is 9.90 Å². The Morgan fingerprint density at radius 1 is 1.23 bits per heavy atom. The number of benzene rings is 2. The van der Waals surface area contributed by atoms with Crippen LogP contribution in [0.5, 0.6) is 5.75 Å². The summed E-state index contributed by atoms with van der Waals surface area (Å²) in [6, 6.07) is 14.1. The highest BCUT2D eigenvalue weighted by atomic mass is 35.5. The van der Waals surface area contributed by atoms with Crippen LogP contribution in [0.25, 0.3) is 5.69 Å². The van der Waals surface area contributed by atoms with E-state index in [4.69, 9.17) is 16.3 Å². The number of amides is 2. The summed E-state index contributed by atoms with van der Waals surface area (Å²) in [4.78, 5) is 12.5. The summed E-state index contributed by atoms with van der Waals surface area (Å²) < 4.78 is 7.29. The number of anilines is 1. The van der Waals surface area contributed by atoms with Crippen LogP contribution in [0.3, 0.4) is 0 Å². The molecule has 2 heterocycles. The van der Waals surface area contributed by atoms with Gasteiger partial charge in [0.2, 0.25) is 0 Å². The van der Waals surface area contributed by atoms with Crippen molar-refractivity contribution in [3.05, 3.63) is 70.9 Å². The van der Waals surface area contributed by atoms with Gasteiger partial charge in [0.1, 0.15) is 5.75 Å². The van der Waals surface area contributed by atoms with Crippen molar-refractivity contribution in [3.8, 4) is 11.4 Å². The maximum absolute atomic E-state index is 12.5. The lowest BCUT2D eigenvalue weighted by atomic mass is 9.98. The molecule has 2 amide bonds. The lowest BCUT2D eigenvalue weighted by Crippen LogP contribution is -2.35. The number of fused-ring (bicyclic) bond motifs is 1. The van der Waals surface area contributed by atoms with Gasteiger partial charge in [-0.3, -0.25) is 5.32 Å². The number of rotatable bonds is 4. The third-order valence-corrected chi connectivity index (χ3v) is 5.30. The molecule has 1 aromatic heterocycles. The van der Waals surface area contributed by atoms with Gasteiger partial charge in [0.15, 0.2) is 5.82 Å². The molecule has 0 radical (unpaired) electrons. The molecular weight excluding hydrogens is 404 g/mol. The number of ether oxygens (including phenoxy) is 1. The van der Waals surface area contributed by atoms with Crippen molar-refractivity contribution in [1.82, 2.24) is 15.1 Å². The van der Waals surface area contributed by atoms with Gasteiger partial charge in [0.05, 0.1) is 29.0 Å². The summed E-state index contributed by atoms with van der Waals surface area (Å²) in [5.41, 5.74) is 1.60. The fraction of sp³-hybridized carbons (Fsp3) is 0.273. The van der Waals surface area contributed by atoms with E-state index in [1.807, 2.05) is 36.4 Å². The highest BCUT2D eigenvalue weighted by molar-refractivity contribution is 6.32. The minimum atomic E-state index is -0.902. The van der Waals surface area contributed by atoms with Crippen molar-refractivity contribution >= 4 is 23.4 Å². The predicted octanol–water partition coefficient (Wildman–Crippen LogP) is 4.40. The molecule has 7 nitrogen and oxygen atoms in total. The second kappa shape index (κ2) is 8.01. The zero-order chi connectivity index (χ0) is 21.3. The van der Waals surface area contributed by atoms with Crippen LogP contribution in [0.4, 0.5) is 10.6 Å². The Kier molecular flexibility index (Phi) is 5.40. The first-order valence-corrected chi connectivity index (χ1v) is 10.1. The smallest absolute Gasteiger partial charge is 0.320 e. The maximum atomic E-state index is 12.5. The molecule has 156 valence electrons. The molecule has 3 aromatic rings. The first-order chi connectivity index (χ1) is 14.3. The maximum Gasteiger partial charge on any atom is 0.320 e. The Morgan fingerprint density at radius 3 is 2.73 bits per heavy atom. The number of urea groups is 1. The molecule has 0 unspecified atom stereocenters. The molecule has 1 atom stereocenters. The number of aromatic nitrogens is 2. The fourth-order valence-corrected chi connectivity index (χ4v) is 3.64. The molecule has 2 aromatic carbocycles. The fourth-order valence-electron chi connectivity index (χ4n) is 3.40. The summed E-state index contributed by atoms with van der Waals surface area (Å²) in [5, 5.41) is 20.7. The molecule has 4 rings (SSSR count). The first kappa shape index (κ1) is 20.3. The number of aliphatic hydroxyl groups is 1. The van der Waals surface area contributed by atoms with Gasteiger partial charge in [0, 0.05) is 24.2 Å². The monoisotopic (exact) mass is 426 g/mol. The number of carbonyl (C=O) groups excluding carboxylic acids is 1. The first-order valence-electron chi connectivity index (χ1n) is 9.69. The van der Waals surface area contributed by atoms with Crippen molar-refractivity contribution in [2.45, 2.75) is 31.9 Å². The molecule has 0 saturated heterocycles. The van der Waals surface area contributed by atoms with Crippen LogP contribution in [-0.2, 0) is 5.60 Å². The minimum absolute atomic E-state index is 0.191. The molecule has 1 aliphatic rings. The van der Waals surface area contributed by atoms with E-state index in [1.54, 1.807) is 36.9 Å². The van der Waals surface area contributed by atoms with E-state index < -0.39 is 5.60 Å². The summed E-state index contributed by atoms with van der Waals surface area (Å²) in [6.07, 6.45) is 2.42. The molecule has 0 aliphatic carbocycles. The van der Waals surface area contributed by atoms with E-state index in [0.29, 0.717) is 29.6 Å². The van der Waals surface area contributed by atoms with Gasteiger partial charge in [-0.25, -0.2) is 9.48 Å². The zero-order valence-corrected chi connectivity index (χ0v) is 17.5. The highest BCUT2D eigenvalue weighted by Gasteiger charge is 2.25. The third kappa shape index (κ3) is 4.27. The van der Waals surface area contributed by atoms with Crippen molar-refractivity contribution in [1.29, 1.82) is 0 Å². The molecule has 0 spiro atoms. The predicted molar refractivity (Wildman–Crippen MR) is 115 cm³/mol. The molecule has 0 fully saturated rings. The van der Waals surface area contributed by atoms with Gasteiger partial charge in [-0.05, 0) is 37.6 Å². The van der Waals surface area contributed by atoms with E-state index in [0.717, 1.165) is 16.8 Å². The van der Waals surface area contributed by atoms with Gasteiger partial charge < -0.3 is 15.2 Å². The Balaban J connectivity index is 1.42. The Labute approximate surface area is 179 Å². The van der Waals surface area contributed by atoms with E-state index >= 15 is 0 Å². The quantitative estimate of drug-likeness (QED) is 0.577. The largest absolute Gasteiger partial charge is 0.492 e. The SMILES string of the molecule is CC(C)(O)c1ccc(-n2ccc(NC(=O)N[C@H]3CCOc4c(Cl)cccc43)n2)cc1. The van der Waals surface area contributed by atoms with Gasteiger partial charge in [-0.15, -0.1) is 5.10 Å². The van der Waals surface area contributed by atoms with Crippen LogP contribution in [0.1, 0.15) is 37.4 Å². The van der Waals surface area contributed by atoms with E-state index in [1.165, 1.54) is 0 Å². The summed E-state index contributed by atoms with van der Waals surface area (Å²) >= 11 is 6.19. The molecule has 0 bridgehead atoms. The molecule has 30 heavy (non-hydrogen) atoms. The molecule has 1 aliphatic heterocycles. The lowest BCUT2D eigenvalue weighted by Gasteiger charge is -2.27. The van der Waals surface area contributed by atoms with E-state index in [-0.39, 0.29) is 12.1 Å². The summed E-state index contributed by atoms with van der Waals surface area (Å²) in [6.45, 7) is 3.96. The number of nitrogens with zero attached hydrogens (tertiary/aromatic N) is 2. The Morgan fingerprint density at radius 2 is 2.00 bits per heavy atom. The van der Waals surface area contributed by atoms with Gasteiger partial charge in [-0.2, -0.15) is 0 Å². The third-order valence-electron chi connectivity index (χ3n) is 5.00. The molecule has 0 saturated carbocycles. The topological polar surface area (TPSA) is 88.4 Å². The number of carbonyl (C=O) groups is 1. The number of nitrogens with one attached hydrogen (secondary N) is 2. The van der Waals surface area contributed by atoms with Crippen molar-refractivity contribution in [2.75, 3.05) is 11.9 Å². The van der Waals surface area contributed by atoms with Crippen LogP contribution in [0, 0.1) is 0 Å². The summed E-state index contributed by atoms with van der Waals surface area (Å²) in [7, 11) is 0. The van der Waals surface area contributed by atoms with Crippen LogP contribution in [-0.4, -0.2) is 27.5 Å². The van der Waals surface area contributed by atoms with E-state index in [2.05, 4.69) is 15.7 Å². The number of halogens is 1. The second-order valence-electron chi connectivity index (χ2n) is 7.70. The second-order valence-corrected chi connectivity index (χ2v) is 8.11. The van der Waals surface area contributed by atoms with Gasteiger partial charge in [-0.1, -0.05) is 35.9 Å². The van der Waals surface area contributed by atoms with Gasteiger partial charge >= 0.3 is 6.03 Å².